The molecule has 11 heteroatoms. The van der Waals surface area contributed by atoms with Crippen molar-refractivity contribution in [3.63, 3.8) is 0 Å². The van der Waals surface area contributed by atoms with Crippen molar-refractivity contribution in [2.75, 3.05) is 49.5 Å². The third kappa shape index (κ3) is 7.83. The highest BCUT2D eigenvalue weighted by molar-refractivity contribution is 7.15. The van der Waals surface area contributed by atoms with E-state index < -0.39 is 11.9 Å². The summed E-state index contributed by atoms with van der Waals surface area (Å²) in [7, 11) is 8.10. The van der Waals surface area contributed by atoms with Gasteiger partial charge in [-0.2, -0.15) is 0 Å². The molecular formula is C30H34N6O4S. The highest BCUT2D eigenvalue weighted by atomic mass is 32.1. The molecule has 0 amide bonds. The van der Waals surface area contributed by atoms with Crippen LogP contribution in [0.5, 0.6) is 0 Å². The normalized spacial score (nSPS) is 10.3. The fraction of sp³-hybridized carbons (Fsp3) is 0.200. The molecule has 0 aliphatic heterocycles. The number of nitrogens with two attached hydrogens (primary N) is 2. The summed E-state index contributed by atoms with van der Waals surface area (Å²) >= 11 is 0.750. The molecule has 0 spiro atoms. The predicted molar refractivity (Wildman–Crippen MR) is 169 cm³/mol. The molecule has 41 heavy (non-hydrogen) atoms. The van der Waals surface area contributed by atoms with Gasteiger partial charge in [-0.25, -0.2) is 9.59 Å². The molecule has 10 nitrogen and oxygen atoms in total. The Balaban J connectivity index is 0.000000172. The fourth-order valence-corrected chi connectivity index (χ4v) is 4.70. The lowest BCUT2D eigenvalue weighted by Gasteiger charge is -2.16. The first kappa shape index (κ1) is 30.6. The maximum atomic E-state index is 10.3. The predicted octanol–water partition coefficient (Wildman–Crippen LogP) is 5.53. The second kappa shape index (κ2) is 13.0. The zero-order valence-corrected chi connectivity index (χ0v) is 24.7. The molecule has 6 N–H and O–H groups in total. The van der Waals surface area contributed by atoms with Gasteiger partial charge in [-0.3, -0.25) is 9.97 Å². The van der Waals surface area contributed by atoms with Crippen molar-refractivity contribution >= 4 is 67.8 Å². The summed E-state index contributed by atoms with van der Waals surface area (Å²) in [4.78, 5) is 33.7. The van der Waals surface area contributed by atoms with E-state index in [2.05, 4.69) is 31.9 Å². The Kier molecular flexibility index (Phi) is 9.69. The van der Waals surface area contributed by atoms with E-state index in [0.29, 0.717) is 0 Å². The Hall–Kier alpha value is -4.90. The van der Waals surface area contributed by atoms with Gasteiger partial charge in [0.15, 0.2) is 0 Å². The first-order valence-corrected chi connectivity index (χ1v) is 13.3. The van der Waals surface area contributed by atoms with Crippen LogP contribution < -0.4 is 21.3 Å². The Morgan fingerprint density at radius 2 is 1.02 bits per heavy atom. The van der Waals surface area contributed by atoms with Crippen LogP contribution in [0.2, 0.25) is 0 Å². The van der Waals surface area contributed by atoms with Crippen molar-refractivity contribution in [2.24, 2.45) is 0 Å². The maximum Gasteiger partial charge on any atom is 0.345 e. The number of aromatic carboxylic acids is 2. The molecule has 0 aliphatic carbocycles. The molecule has 5 aromatic rings. The molecule has 2 aromatic carbocycles. The van der Waals surface area contributed by atoms with Crippen molar-refractivity contribution in [1.82, 2.24) is 9.97 Å². The van der Waals surface area contributed by atoms with E-state index in [1.165, 1.54) is 12.1 Å². The first-order valence-electron chi connectivity index (χ1n) is 12.5. The first-order chi connectivity index (χ1) is 19.3. The Bertz CT molecular complexity index is 1590. The molecule has 5 rings (SSSR count). The van der Waals surface area contributed by atoms with Crippen molar-refractivity contribution in [2.45, 2.75) is 13.8 Å². The van der Waals surface area contributed by atoms with E-state index >= 15 is 0 Å². The lowest BCUT2D eigenvalue weighted by atomic mass is 10.1. The van der Waals surface area contributed by atoms with Gasteiger partial charge in [-0.05, 0) is 74.5 Å². The second-order valence-corrected chi connectivity index (χ2v) is 10.8. The number of aryl methyl sites for hydroxylation is 2. The smallest absolute Gasteiger partial charge is 0.345 e. The minimum absolute atomic E-state index is 0.0439. The summed E-state index contributed by atoms with van der Waals surface area (Å²) in [6.45, 7) is 4.01. The third-order valence-electron chi connectivity index (χ3n) is 5.87. The van der Waals surface area contributed by atoms with Crippen molar-refractivity contribution in [1.29, 1.82) is 0 Å². The summed E-state index contributed by atoms with van der Waals surface area (Å²) in [6, 6.07) is 18.3. The highest BCUT2D eigenvalue weighted by Gasteiger charge is 2.11. The monoisotopic (exact) mass is 574 g/mol. The van der Waals surface area contributed by atoms with E-state index in [9.17, 15) is 9.59 Å². The van der Waals surface area contributed by atoms with Crippen LogP contribution in [0.1, 0.15) is 30.7 Å². The van der Waals surface area contributed by atoms with Gasteiger partial charge in [0.25, 0.3) is 0 Å². The van der Waals surface area contributed by atoms with E-state index in [4.69, 9.17) is 21.7 Å². The number of pyridine rings is 2. The number of hydrogen-bond acceptors (Lipinski definition) is 9. The highest BCUT2D eigenvalue weighted by Crippen LogP contribution is 2.28. The number of carbonyl (C=O) groups is 2. The van der Waals surface area contributed by atoms with Crippen molar-refractivity contribution in [3.05, 3.63) is 81.8 Å². The second-order valence-electron chi connectivity index (χ2n) is 9.68. The van der Waals surface area contributed by atoms with Crippen LogP contribution >= 0.6 is 11.3 Å². The van der Waals surface area contributed by atoms with Crippen molar-refractivity contribution < 1.29 is 19.8 Å². The number of carboxylic acid groups (broad SMARTS) is 2. The number of aromatic nitrogens is 2. The van der Waals surface area contributed by atoms with Gasteiger partial charge in [0.1, 0.15) is 9.75 Å². The van der Waals surface area contributed by atoms with E-state index in [-0.39, 0.29) is 9.75 Å². The number of anilines is 4. The van der Waals surface area contributed by atoms with Gasteiger partial charge in [-0.1, -0.05) is 0 Å². The molecule has 3 aromatic heterocycles. The van der Waals surface area contributed by atoms with Gasteiger partial charge >= 0.3 is 11.9 Å². The van der Waals surface area contributed by atoms with Gasteiger partial charge < -0.3 is 31.5 Å². The zero-order valence-electron chi connectivity index (χ0n) is 23.8. The minimum Gasteiger partial charge on any atom is -0.477 e. The number of nitrogen functional groups attached to an aromatic ring is 2. The molecule has 0 atom stereocenters. The lowest BCUT2D eigenvalue weighted by Crippen LogP contribution is -2.10. The van der Waals surface area contributed by atoms with Gasteiger partial charge in [0.2, 0.25) is 0 Å². The molecule has 0 fully saturated rings. The fourth-order valence-electron chi connectivity index (χ4n) is 4.02. The number of rotatable bonds is 4. The quantitative estimate of drug-likeness (QED) is 0.201. The molecule has 0 saturated heterocycles. The summed E-state index contributed by atoms with van der Waals surface area (Å²) < 4.78 is 0. The molecule has 0 bridgehead atoms. The average molecular weight is 575 g/mol. The lowest BCUT2D eigenvalue weighted by molar-refractivity contribution is 0.0693. The largest absolute Gasteiger partial charge is 0.477 e. The molecule has 0 radical (unpaired) electrons. The topological polar surface area (TPSA) is 159 Å². The van der Waals surface area contributed by atoms with Gasteiger partial charge in [-0.15, -0.1) is 11.3 Å². The maximum absolute atomic E-state index is 10.3. The SMILES string of the molecule is Cc1cc(N(C)C)c2cc(N)ccc2n1.Cc1cc(N(C)C)c2cc(N)ccc2n1.O=C(O)c1ccc(C(=O)O)s1. The number of nitrogens with zero attached hydrogens (tertiary/aromatic N) is 4. The van der Waals surface area contributed by atoms with Crippen molar-refractivity contribution in [3.8, 4) is 0 Å². The third-order valence-corrected chi connectivity index (χ3v) is 6.93. The molecule has 0 aliphatic rings. The van der Waals surface area contributed by atoms with Crippen LogP contribution in [0.15, 0.2) is 60.7 Å². The van der Waals surface area contributed by atoms with Crippen LogP contribution in [-0.4, -0.2) is 60.3 Å². The molecule has 0 saturated carbocycles. The van der Waals surface area contributed by atoms with Crippen LogP contribution in [0, 0.1) is 13.8 Å². The number of carboxylic acids is 2. The average Bonchev–Trinajstić information content (AvgIpc) is 3.40. The molecular weight excluding hydrogens is 540 g/mol. The van der Waals surface area contributed by atoms with Crippen LogP contribution in [0.3, 0.4) is 0 Å². The van der Waals surface area contributed by atoms with Gasteiger partial charge in [0.05, 0.1) is 11.0 Å². The molecule has 0 unspecified atom stereocenters. The Labute approximate surface area is 242 Å². The van der Waals surface area contributed by atoms with Gasteiger partial charge in [0, 0.05) is 73.1 Å². The van der Waals surface area contributed by atoms with E-state index in [0.717, 1.165) is 67.3 Å². The molecule has 3 heterocycles. The Morgan fingerprint density at radius 1 is 0.659 bits per heavy atom. The van der Waals surface area contributed by atoms with E-state index in [1.807, 2.05) is 78.4 Å². The summed E-state index contributed by atoms with van der Waals surface area (Å²) in [5, 5.41) is 19.0. The van der Waals surface area contributed by atoms with Crippen LogP contribution in [0.25, 0.3) is 21.8 Å². The number of fused-ring (bicyclic) bond motifs is 2. The summed E-state index contributed by atoms with van der Waals surface area (Å²) in [6.07, 6.45) is 0. The standard InChI is InChI=1S/2C12H15N3.C6H4O4S/c2*1-8-6-12(15(2)3)10-7-9(13)4-5-11(10)14-8;7-5(8)3-1-2-4(11-3)6(9)10/h2*4-7H,13H2,1-3H3;1-2H,(H,7,8)(H,9,10). The molecule has 214 valence electrons. The van der Waals surface area contributed by atoms with Crippen LogP contribution in [-0.2, 0) is 0 Å². The zero-order chi connectivity index (χ0) is 30.4. The summed E-state index contributed by atoms with van der Waals surface area (Å²) in [5.41, 5.74) is 19.5. The number of hydrogen-bond donors (Lipinski definition) is 4. The van der Waals surface area contributed by atoms with E-state index in [1.54, 1.807) is 0 Å². The summed E-state index contributed by atoms with van der Waals surface area (Å²) in [5.74, 6) is -2.19. The number of benzene rings is 2. The van der Waals surface area contributed by atoms with Crippen LogP contribution in [0.4, 0.5) is 22.7 Å². The minimum atomic E-state index is -1.09. The number of thiophene rings is 1. The Morgan fingerprint density at radius 3 is 1.32 bits per heavy atom.